The smallest absolute Gasteiger partial charge is 0.407 e. The van der Waals surface area contributed by atoms with Crippen LogP contribution in [0.1, 0.15) is 90.0 Å². The number of nitrogens with zero attached hydrogens (tertiary/aromatic N) is 5. The maximum atomic E-state index is 15.0. The second kappa shape index (κ2) is 17.6. The Hall–Kier alpha value is -6.23. The summed E-state index contributed by atoms with van der Waals surface area (Å²) in [6.45, 7) is 8.56. The SMILES string of the molecule is COC(=O)N[C@H](C(=O)N1C[C@@H](F)C[C@@H]1c1ncc(-c2ccc3c(c2)OCC2(CCC2)Cn2c-3cc3cc(-c4cnc([C@H]5CCCN5C(=O)[C@@H](NC(=O)CO)C(C)C)[nH]4)ccc32)[nH]1)C(C)C. The number of benzene rings is 2. The third-order valence-corrected chi connectivity index (χ3v) is 13.9. The molecule has 5 atom stereocenters. The molecule has 5 aromatic rings. The van der Waals surface area contributed by atoms with Gasteiger partial charge < -0.3 is 49.5 Å². The van der Waals surface area contributed by atoms with Crippen LogP contribution in [0.25, 0.3) is 44.7 Å². The van der Waals surface area contributed by atoms with Crippen LogP contribution in [0.3, 0.4) is 0 Å². The number of imidazole rings is 2. The molecular formula is C48H58FN9O7. The number of aliphatic hydroxyl groups is 1. The Morgan fingerprint density at radius 1 is 0.892 bits per heavy atom. The molecule has 2 aromatic carbocycles. The molecule has 4 amide bonds. The first-order valence-corrected chi connectivity index (χ1v) is 22.8. The predicted octanol–water partition coefficient (Wildman–Crippen LogP) is 6.44. The third kappa shape index (κ3) is 8.34. The quantitative estimate of drug-likeness (QED) is 0.0991. The van der Waals surface area contributed by atoms with Gasteiger partial charge in [-0.15, -0.1) is 0 Å². The number of carbonyl (C=O) groups is 4. The minimum atomic E-state index is -1.24. The summed E-state index contributed by atoms with van der Waals surface area (Å²) in [5.41, 5.74) is 6.44. The monoisotopic (exact) mass is 891 g/mol. The molecule has 0 radical (unpaired) electrons. The van der Waals surface area contributed by atoms with Crippen LogP contribution >= 0.6 is 0 Å². The molecular weight excluding hydrogens is 834 g/mol. The van der Waals surface area contributed by atoms with Crippen molar-refractivity contribution < 1.29 is 38.1 Å². The van der Waals surface area contributed by atoms with Crippen molar-refractivity contribution in [3.8, 4) is 39.5 Å². The van der Waals surface area contributed by atoms with Gasteiger partial charge in [-0.05, 0) is 67.9 Å². The average Bonchev–Trinajstić information content (AvgIpc) is 4.14. The summed E-state index contributed by atoms with van der Waals surface area (Å²) in [6, 6.07) is 12.2. The summed E-state index contributed by atoms with van der Waals surface area (Å²) in [5.74, 6) is 0.338. The van der Waals surface area contributed by atoms with Gasteiger partial charge in [0.2, 0.25) is 17.7 Å². The van der Waals surface area contributed by atoms with E-state index in [0.29, 0.717) is 30.5 Å². The first-order valence-electron chi connectivity index (χ1n) is 22.8. The van der Waals surface area contributed by atoms with Gasteiger partial charge in [-0.1, -0.05) is 46.2 Å². The van der Waals surface area contributed by atoms with Crippen molar-refractivity contribution in [1.82, 2.24) is 44.9 Å². The normalized spacial score (nSPS) is 21.0. The lowest BCUT2D eigenvalue weighted by Gasteiger charge is -2.43. The number of ether oxygens (including phenoxy) is 2. The average molecular weight is 892 g/mol. The number of hydrogen-bond donors (Lipinski definition) is 5. The van der Waals surface area contributed by atoms with E-state index in [9.17, 15) is 24.3 Å². The maximum Gasteiger partial charge on any atom is 0.407 e. The van der Waals surface area contributed by atoms with Crippen molar-refractivity contribution in [1.29, 1.82) is 0 Å². The van der Waals surface area contributed by atoms with Crippen LogP contribution < -0.4 is 15.4 Å². The third-order valence-electron chi connectivity index (χ3n) is 13.9. The predicted molar refractivity (Wildman–Crippen MR) is 240 cm³/mol. The largest absolute Gasteiger partial charge is 0.492 e. The number of amides is 4. The number of alkyl carbamates (subject to hydrolysis) is 1. The molecule has 65 heavy (non-hydrogen) atoms. The number of rotatable bonds is 11. The summed E-state index contributed by atoms with van der Waals surface area (Å²) in [6.07, 6.45) is 6.45. The van der Waals surface area contributed by atoms with Crippen molar-refractivity contribution in [2.24, 2.45) is 17.3 Å². The Kier molecular flexibility index (Phi) is 11.9. The highest BCUT2D eigenvalue weighted by atomic mass is 19.1. The highest BCUT2D eigenvalue weighted by Gasteiger charge is 2.43. The van der Waals surface area contributed by atoms with E-state index in [1.54, 1.807) is 11.1 Å². The number of alkyl halides is 1. The standard InChI is InChI=1S/C48H58FN9O7/c1-26(2)41(54-40(60)23-59)45(61)56-15-6-8-36(56)43-50-20-33(52-43)28-10-12-35-30(16-28)17-37-32-11-9-29(18-39(32)65-25-48(13-7-14-48)24-58(35)37)34-21-51-44(53-34)38-19-31(49)22-57(38)46(62)42(27(3)4)55-47(63)64-5/h9-12,16-18,20-21,26-27,31,36,38,41-42,59H,6-8,13-15,19,22-25H2,1-5H3,(H,50,52)(H,51,53)(H,54,60)(H,55,63)/t31-,36+,38+,41-,42-/m0/s1. The van der Waals surface area contributed by atoms with Crippen LogP contribution in [0.15, 0.2) is 54.9 Å². The highest BCUT2D eigenvalue weighted by Crippen LogP contribution is 2.48. The second-order valence-corrected chi connectivity index (χ2v) is 18.9. The zero-order chi connectivity index (χ0) is 45.7. The van der Waals surface area contributed by atoms with Crippen LogP contribution in [0.5, 0.6) is 5.75 Å². The van der Waals surface area contributed by atoms with E-state index in [1.807, 2.05) is 46.0 Å². The Morgan fingerprint density at radius 2 is 1.55 bits per heavy atom. The lowest BCUT2D eigenvalue weighted by Crippen LogP contribution is -2.51. The van der Waals surface area contributed by atoms with Crippen molar-refractivity contribution >= 4 is 34.7 Å². The molecule has 1 aliphatic carbocycles. The van der Waals surface area contributed by atoms with Crippen LogP contribution in [-0.4, -0.2) is 115 Å². The zero-order valence-corrected chi connectivity index (χ0v) is 37.5. The van der Waals surface area contributed by atoms with Crippen molar-refractivity contribution in [2.45, 2.75) is 103 Å². The number of aliphatic hydroxyl groups excluding tert-OH is 1. The highest BCUT2D eigenvalue weighted by molar-refractivity contribution is 5.92. The van der Waals surface area contributed by atoms with Crippen molar-refractivity contribution in [3.63, 3.8) is 0 Å². The van der Waals surface area contributed by atoms with E-state index in [0.717, 1.165) is 83.4 Å². The van der Waals surface area contributed by atoms with E-state index in [2.05, 4.69) is 60.5 Å². The Labute approximate surface area is 376 Å². The number of carbonyl (C=O) groups excluding carboxylic acids is 4. The van der Waals surface area contributed by atoms with E-state index in [4.69, 9.17) is 14.5 Å². The van der Waals surface area contributed by atoms with Crippen molar-refractivity contribution in [3.05, 3.63) is 66.5 Å². The molecule has 2 saturated heterocycles. The Balaban J connectivity index is 0.991. The van der Waals surface area contributed by atoms with Crippen LogP contribution in [0, 0.1) is 17.3 Å². The first kappa shape index (κ1) is 44.0. The molecule has 3 aliphatic heterocycles. The molecule has 0 unspecified atom stereocenters. The number of nitrogens with one attached hydrogen (secondary N) is 4. The van der Waals surface area contributed by atoms with Gasteiger partial charge in [0.25, 0.3) is 0 Å². The fourth-order valence-corrected chi connectivity index (χ4v) is 10.1. The molecule has 4 aliphatic rings. The molecule has 17 heteroatoms. The molecule has 3 fully saturated rings. The van der Waals surface area contributed by atoms with Gasteiger partial charge in [0.15, 0.2) is 0 Å². The molecule has 1 saturated carbocycles. The van der Waals surface area contributed by atoms with Gasteiger partial charge in [-0.3, -0.25) is 14.4 Å². The fourth-order valence-electron chi connectivity index (χ4n) is 10.1. The van der Waals surface area contributed by atoms with Crippen molar-refractivity contribution in [2.75, 3.05) is 33.4 Å². The number of methoxy groups -OCH3 is 1. The summed E-state index contributed by atoms with van der Waals surface area (Å²) in [4.78, 5) is 71.2. The molecule has 0 bridgehead atoms. The molecule has 6 heterocycles. The van der Waals surface area contributed by atoms with Gasteiger partial charge in [-0.25, -0.2) is 19.2 Å². The topological polar surface area (TPSA) is 200 Å². The number of H-pyrrole nitrogens is 2. The minimum Gasteiger partial charge on any atom is -0.492 e. The van der Waals surface area contributed by atoms with Crippen LogP contribution in [-0.2, 0) is 25.7 Å². The first-order chi connectivity index (χ1) is 31.3. The number of aromatic amines is 2. The van der Waals surface area contributed by atoms with E-state index < -0.39 is 48.8 Å². The molecule has 16 nitrogen and oxygen atoms in total. The molecule has 344 valence electrons. The van der Waals surface area contributed by atoms with Crippen LogP contribution in [0.2, 0.25) is 0 Å². The van der Waals surface area contributed by atoms with Gasteiger partial charge in [0.05, 0.1) is 61.8 Å². The zero-order valence-electron chi connectivity index (χ0n) is 37.5. The van der Waals surface area contributed by atoms with Crippen LogP contribution in [0.4, 0.5) is 9.18 Å². The van der Waals surface area contributed by atoms with E-state index in [1.165, 1.54) is 12.0 Å². The molecule has 9 rings (SSSR count). The van der Waals surface area contributed by atoms with Gasteiger partial charge >= 0.3 is 6.09 Å². The molecule has 5 N–H and O–H groups in total. The summed E-state index contributed by atoms with van der Waals surface area (Å²) in [5, 5.41) is 15.7. The molecule has 1 spiro atoms. The van der Waals surface area contributed by atoms with Gasteiger partial charge in [0, 0.05) is 52.5 Å². The number of halogens is 1. The van der Waals surface area contributed by atoms with Gasteiger partial charge in [0.1, 0.15) is 42.3 Å². The number of hydrogen-bond acceptors (Lipinski definition) is 9. The lowest BCUT2D eigenvalue weighted by molar-refractivity contribution is -0.139. The number of likely N-dealkylation sites (tertiary alicyclic amines) is 2. The fraction of sp³-hybridized carbons (Fsp3) is 0.500. The van der Waals surface area contributed by atoms with E-state index in [-0.39, 0.29) is 42.2 Å². The maximum absolute atomic E-state index is 15.0. The van der Waals surface area contributed by atoms with Gasteiger partial charge in [-0.2, -0.15) is 0 Å². The summed E-state index contributed by atoms with van der Waals surface area (Å²) < 4.78 is 28.9. The number of aromatic nitrogens is 5. The Morgan fingerprint density at radius 3 is 2.22 bits per heavy atom. The molecule has 3 aromatic heterocycles. The minimum absolute atomic E-state index is 0.00941. The van der Waals surface area contributed by atoms with E-state index >= 15 is 4.39 Å². The second-order valence-electron chi connectivity index (χ2n) is 18.9. The number of fused-ring (bicyclic) bond motifs is 5. The summed E-state index contributed by atoms with van der Waals surface area (Å²) >= 11 is 0. The summed E-state index contributed by atoms with van der Waals surface area (Å²) in [7, 11) is 1.24. The Bertz CT molecular complexity index is 2610. The lowest BCUT2D eigenvalue weighted by atomic mass is 9.69.